The summed E-state index contributed by atoms with van der Waals surface area (Å²) in [5.41, 5.74) is 2.88. The maximum Gasteiger partial charge on any atom is 0.160 e. The second-order valence-electron chi connectivity index (χ2n) is 4.16. The van der Waals surface area contributed by atoms with Gasteiger partial charge in [0.1, 0.15) is 0 Å². The van der Waals surface area contributed by atoms with Crippen molar-refractivity contribution in [2.45, 2.75) is 6.92 Å². The summed E-state index contributed by atoms with van der Waals surface area (Å²) in [5.74, 6) is 0.716. The molecule has 0 amide bonds. The van der Waals surface area contributed by atoms with E-state index < -0.39 is 0 Å². The lowest BCUT2D eigenvalue weighted by molar-refractivity contribution is 1.16. The SMILES string of the molecule is Cc1nc(-c2cccc(Cl)c2)nc2ccccc12. The van der Waals surface area contributed by atoms with Crippen molar-refractivity contribution < 1.29 is 0 Å². The normalized spacial score (nSPS) is 10.8. The van der Waals surface area contributed by atoms with E-state index >= 15 is 0 Å². The molecule has 0 aliphatic heterocycles. The standard InChI is InChI=1S/C15H11ClN2/c1-10-13-7-2-3-8-14(13)18-15(17-10)11-5-4-6-12(16)9-11/h2-9H,1H3. The van der Waals surface area contributed by atoms with Crippen LogP contribution in [-0.4, -0.2) is 9.97 Å². The zero-order valence-corrected chi connectivity index (χ0v) is 10.6. The van der Waals surface area contributed by atoms with Crippen molar-refractivity contribution in [1.29, 1.82) is 0 Å². The number of benzene rings is 2. The molecule has 18 heavy (non-hydrogen) atoms. The van der Waals surface area contributed by atoms with E-state index in [1.54, 1.807) is 0 Å². The first-order chi connectivity index (χ1) is 8.74. The fourth-order valence-corrected chi connectivity index (χ4v) is 2.18. The summed E-state index contributed by atoms with van der Waals surface area (Å²) < 4.78 is 0. The fourth-order valence-electron chi connectivity index (χ4n) is 1.99. The number of nitrogens with zero attached hydrogens (tertiary/aromatic N) is 2. The van der Waals surface area contributed by atoms with Gasteiger partial charge in [-0.15, -0.1) is 0 Å². The zero-order chi connectivity index (χ0) is 12.5. The number of fused-ring (bicyclic) bond motifs is 1. The highest BCUT2D eigenvalue weighted by atomic mass is 35.5. The molecule has 0 radical (unpaired) electrons. The molecule has 0 unspecified atom stereocenters. The van der Waals surface area contributed by atoms with Crippen LogP contribution in [-0.2, 0) is 0 Å². The Balaban J connectivity index is 2.24. The summed E-state index contributed by atoms with van der Waals surface area (Å²) in [7, 11) is 0. The van der Waals surface area contributed by atoms with E-state index in [2.05, 4.69) is 9.97 Å². The van der Waals surface area contributed by atoms with Crippen molar-refractivity contribution in [2.24, 2.45) is 0 Å². The van der Waals surface area contributed by atoms with Crippen LogP contribution in [0.3, 0.4) is 0 Å². The second kappa shape index (κ2) is 4.39. The highest BCUT2D eigenvalue weighted by molar-refractivity contribution is 6.30. The van der Waals surface area contributed by atoms with E-state index in [0.29, 0.717) is 10.8 Å². The number of aromatic nitrogens is 2. The van der Waals surface area contributed by atoms with E-state index in [4.69, 9.17) is 11.6 Å². The van der Waals surface area contributed by atoms with E-state index in [1.165, 1.54) is 0 Å². The largest absolute Gasteiger partial charge is 0.233 e. The van der Waals surface area contributed by atoms with Gasteiger partial charge in [-0.05, 0) is 25.1 Å². The van der Waals surface area contributed by atoms with Gasteiger partial charge in [0.2, 0.25) is 0 Å². The third-order valence-electron chi connectivity index (χ3n) is 2.88. The number of hydrogen-bond acceptors (Lipinski definition) is 2. The number of halogens is 1. The number of hydrogen-bond donors (Lipinski definition) is 0. The molecule has 3 rings (SSSR count). The van der Waals surface area contributed by atoms with Crippen LogP contribution in [0.4, 0.5) is 0 Å². The maximum atomic E-state index is 6.00. The number of aryl methyl sites for hydroxylation is 1. The van der Waals surface area contributed by atoms with Gasteiger partial charge in [-0.25, -0.2) is 9.97 Å². The van der Waals surface area contributed by atoms with Crippen molar-refractivity contribution >= 4 is 22.5 Å². The van der Waals surface area contributed by atoms with Crippen LogP contribution in [0.2, 0.25) is 5.02 Å². The lowest BCUT2D eigenvalue weighted by atomic mass is 10.1. The van der Waals surface area contributed by atoms with Crippen molar-refractivity contribution in [1.82, 2.24) is 9.97 Å². The van der Waals surface area contributed by atoms with Crippen molar-refractivity contribution in [3.05, 3.63) is 59.2 Å². The molecule has 0 atom stereocenters. The molecule has 0 saturated heterocycles. The Morgan fingerprint density at radius 2 is 1.78 bits per heavy atom. The van der Waals surface area contributed by atoms with Crippen molar-refractivity contribution in [2.75, 3.05) is 0 Å². The van der Waals surface area contributed by atoms with Crippen LogP contribution < -0.4 is 0 Å². The molecule has 2 aromatic carbocycles. The molecule has 0 aliphatic rings. The molecule has 1 heterocycles. The highest BCUT2D eigenvalue weighted by Gasteiger charge is 2.06. The molecule has 0 N–H and O–H groups in total. The molecule has 0 spiro atoms. The molecular weight excluding hydrogens is 244 g/mol. The lowest BCUT2D eigenvalue weighted by Gasteiger charge is -2.05. The van der Waals surface area contributed by atoms with Gasteiger partial charge in [-0.2, -0.15) is 0 Å². The molecule has 0 bridgehead atoms. The first kappa shape index (κ1) is 11.2. The van der Waals surface area contributed by atoms with Crippen LogP contribution in [0, 0.1) is 6.92 Å². The average molecular weight is 255 g/mol. The van der Waals surface area contributed by atoms with E-state index in [9.17, 15) is 0 Å². The van der Waals surface area contributed by atoms with E-state index in [0.717, 1.165) is 22.2 Å². The first-order valence-electron chi connectivity index (χ1n) is 5.73. The van der Waals surface area contributed by atoms with Gasteiger partial charge >= 0.3 is 0 Å². The van der Waals surface area contributed by atoms with Crippen LogP contribution in [0.25, 0.3) is 22.3 Å². The third kappa shape index (κ3) is 1.95. The van der Waals surface area contributed by atoms with Crippen LogP contribution in [0.1, 0.15) is 5.69 Å². The monoisotopic (exact) mass is 254 g/mol. The summed E-state index contributed by atoms with van der Waals surface area (Å²) in [5, 5.41) is 1.78. The molecule has 0 aliphatic carbocycles. The Morgan fingerprint density at radius 1 is 0.944 bits per heavy atom. The van der Waals surface area contributed by atoms with Gasteiger partial charge in [0, 0.05) is 21.7 Å². The Bertz CT molecular complexity index is 723. The predicted molar refractivity (Wildman–Crippen MR) is 74.7 cm³/mol. The quantitative estimate of drug-likeness (QED) is 0.648. The number of para-hydroxylation sites is 1. The van der Waals surface area contributed by atoms with Crippen LogP contribution in [0.5, 0.6) is 0 Å². The highest BCUT2D eigenvalue weighted by Crippen LogP contribution is 2.23. The van der Waals surface area contributed by atoms with Gasteiger partial charge in [0.25, 0.3) is 0 Å². The van der Waals surface area contributed by atoms with Gasteiger partial charge in [-0.1, -0.05) is 41.9 Å². The minimum atomic E-state index is 0.696. The van der Waals surface area contributed by atoms with Crippen LogP contribution in [0.15, 0.2) is 48.5 Å². The zero-order valence-electron chi connectivity index (χ0n) is 9.89. The average Bonchev–Trinajstić information content (AvgIpc) is 2.39. The Kier molecular flexibility index (Phi) is 2.73. The smallest absolute Gasteiger partial charge is 0.160 e. The summed E-state index contributed by atoms with van der Waals surface area (Å²) in [4.78, 5) is 9.12. The molecule has 1 aromatic heterocycles. The molecule has 0 saturated carbocycles. The minimum absolute atomic E-state index is 0.696. The molecular formula is C15H11ClN2. The Hall–Kier alpha value is -1.93. The van der Waals surface area contributed by atoms with Gasteiger partial charge in [0.15, 0.2) is 5.82 Å². The first-order valence-corrected chi connectivity index (χ1v) is 6.11. The fraction of sp³-hybridized carbons (Fsp3) is 0.0667. The molecule has 2 nitrogen and oxygen atoms in total. The van der Waals surface area contributed by atoms with E-state index in [-0.39, 0.29) is 0 Å². The Labute approximate surface area is 110 Å². The third-order valence-corrected chi connectivity index (χ3v) is 3.11. The summed E-state index contributed by atoms with van der Waals surface area (Å²) in [6, 6.07) is 15.6. The molecule has 0 fully saturated rings. The van der Waals surface area contributed by atoms with Crippen molar-refractivity contribution in [3.63, 3.8) is 0 Å². The maximum absolute atomic E-state index is 6.00. The summed E-state index contributed by atoms with van der Waals surface area (Å²) in [6.07, 6.45) is 0. The summed E-state index contributed by atoms with van der Waals surface area (Å²) in [6.45, 7) is 2.00. The van der Waals surface area contributed by atoms with Gasteiger partial charge < -0.3 is 0 Å². The predicted octanol–water partition coefficient (Wildman–Crippen LogP) is 4.26. The van der Waals surface area contributed by atoms with Crippen molar-refractivity contribution in [3.8, 4) is 11.4 Å². The topological polar surface area (TPSA) is 25.8 Å². The number of rotatable bonds is 1. The molecule has 88 valence electrons. The molecule has 3 aromatic rings. The van der Waals surface area contributed by atoms with Gasteiger partial charge in [-0.3, -0.25) is 0 Å². The summed E-state index contributed by atoms with van der Waals surface area (Å²) >= 11 is 6.00. The van der Waals surface area contributed by atoms with E-state index in [1.807, 2.05) is 55.5 Å². The lowest BCUT2D eigenvalue weighted by Crippen LogP contribution is -1.93. The Morgan fingerprint density at radius 3 is 2.61 bits per heavy atom. The minimum Gasteiger partial charge on any atom is -0.233 e. The van der Waals surface area contributed by atoms with Crippen LogP contribution >= 0.6 is 11.6 Å². The second-order valence-corrected chi connectivity index (χ2v) is 4.60. The molecule has 3 heteroatoms. The van der Waals surface area contributed by atoms with Gasteiger partial charge in [0.05, 0.1) is 5.52 Å².